The van der Waals surface area contributed by atoms with Crippen LogP contribution in [0.25, 0.3) is 0 Å². The second kappa shape index (κ2) is 8.25. The molecule has 1 aromatic heterocycles. The van der Waals surface area contributed by atoms with Crippen LogP contribution in [0.4, 0.5) is 0 Å². The average Bonchev–Trinajstić information content (AvgIpc) is 3.23. The molecular formula is C21H26N4O5. The molecule has 1 aromatic carbocycles. The molecule has 0 saturated heterocycles. The zero-order chi connectivity index (χ0) is 21.3. The fourth-order valence-electron chi connectivity index (χ4n) is 4.36. The third-order valence-electron chi connectivity index (χ3n) is 5.92. The van der Waals surface area contributed by atoms with Crippen LogP contribution in [0.2, 0.25) is 0 Å². The standard InChI is InChI=1S/C21H26N4O5/c1-29-13-8-9-14(17(10-13)30-2)15-11-16(24-23-15)18-19(26)22-21(28)25(20(18)27)12-6-4-3-5-7-12/h8-10,12,15,23,27H,3-7,11H2,1-2H3,(H,22,26,28)/t15-/m1/s1. The van der Waals surface area contributed by atoms with Gasteiger partial charge < -0.3 is 20.0 Å². The third-order valence-corrected chi connectivity index (χ3v) is 5.92. The molecule has 9 heteroatoms. The monoisotopic (exact) mass is 414 g/mol. The minimum atomic E-state index is -0.632. The van der Waals surface area contributed by atoms with Crippen molar-refractivity contribution in [2.24, 2.45) is 5.10 Å². The van der Waals surface area contributed by atoms with E-state index in [1.54, 1.807) is 20.3 Å². The topological polar surface area (TPSA) is 118 Å². The first-order valence-electron chi connectivity index (χ1n) is 10.2. The fraction of sp³-hybridized carbons (Fsp3) is 0.476. The normalized spacial score (nSPS) is 19.3. The van der Waals surface area contributed by atoms with Gasteiger partial charge in [0.25, 0.3) is 5.56 Å². The lowest BCUT2D eigenvalue weighted by molar-refractivity contribution is 0.298. The van der Waals surface area contributed by atoms with Crippen LogP contribution in [0.1, 0.15) is 61.7 Å². The van der Waals surface area contributed by atoms with Crippen LogP contribution in [0.15, 0.2) is 32.9 Å². The van der Waals surface area contributed by atoms with Gasteiger partial charge in [-0.2, -0.15) is 5.10 Å². The lowest BCUT2D eigenvalue weighted by Crippen LogP contribution is -2.36. The van der Waals surface area contributed by atoms with Gasteiger partial charge in [0.1, 0.15) is 17.1 Å². The Morgan fingerprint density at radius 1 is 1.13 bits per heavy atom. The fourth-order valence-corrected chi connectivity index (χ4v) is 4.36. The van der Waals surface area contributed by atoms with Crippen molar-refractivity contribution in [1.29, 1.82) is 0 Å². The van der Waals surface area contributed by atoms with Crippen molar-refractivity contribution in [1.82, 2.24) is 15.0 Å². The molecule has 3 N–H and O–H groups in total. The van der Waals surface area contributed by atoms with Crippen LogP contribution in [-0.4, -0.2) is 34.6 Å². The zero-order valence-corrected chi connectivity index (χ0v) is 17.1. The number of hydrogen-bond donors (Lipinski definition) is 3. The van der Waals surface area contributed by atoms with Crippen molar-refractivity contribution in [2.45, 2.75) is 50.6 Å². The average molecular weight is 414 g/mol. The van der Waals surface area contributed by atoms with E-state index < -0.39 is 11.2 Å². The Morgan fingerprint density at radius 3 is 2.60 bits per heavy atom. The largest absolute Gasteiger partial charge is 0.497 e. The highest BCUT2D eigenvalue weighted by molar-refractivity contribution is 6.03. The number of aromatic amines is 1. The van der Waals surface area contributed by atoms with Gasteiger partial charge in [-0.1, -0.05) is 19.3 Å². The minimum absolute atomic E-state index is 0.0441. The molecule has 30 heavy (non-hydrogen) atoms. The maximum Gasteiger partial charge on any atom is 0.331 e. The van der Waals surface area contributed by atoms with E-state index in [-0.39, 0.29) is 23.5 Å². The molecule has 2 aliphatic rings. The number of nitrogens with one attached hydrogen (secondary N) is 2. The molecule has 0 spiro atoms. The van der Waals surface area contributed by atoms with Crippen molar-refractivity contribution in [3.63, 3.8) is 0 Å². The molecular weight excluding hydrogens is 388 g/mol. The van der Waals surface area contributed by atoms with Gasteiger partial charge in [0, 0.05) is 24.1 Å². The molecule has 0 amide bonds. The number of hydrogen-bond acceptors (Lipinski definition) is 7. The summed E-state index contributed by atoms with van der Waals surface area (Å²) in [5.41, 5.74) is 3.11. The summed E-state index contributed by atoms with van der Waals surface area (Å²) in [5.74, 6) is 0.996. The number of hydrazone groups is 1. The smallest absolute Gasteiger partial charge is 0.331 e. The lowest BCUT2D eigenvalue weighted by atomic mass is 9.95. The predicted molar refractivity (Wildman–Crippen MR) is 112 cm³/mol. The molecule has 2 aromatic rings. The predicted octanol–water partition coefficient (Wildman–Crippen LogP) is 2.20. The molecule has 160 valence electrons. The zero-order valence-electron chi connectivity index (χ0n) is 17.1. The summed E-state index contributed by atoms with van der Waals surface area (Å²) in [6, 6.07) is 5.12. The van der Waals surface area contributed by atoms with Crippen molar-refractivity contribution >= 4 is 5.71 Å². The Morgan fingerprint density at radius 2 is 1.90 bits per heavy atom. The van der Waals surface area contributed by atoms with Gasteiger partial charge in [0.15, 0.2) is 0 Å². The molecule has 0 bridgehead atoms. The van der Waals surface area contributed by atoms with Crippen LogP contribution in [-0.2, 0) is 0 Å². The Kier molecular flexibility index (Phi) is 5.52. The Bertz CT molecular complexity index is 1080. The van der Waals surface area contributed by atoms with E-state index in [1.165, 1.54) is 4.57 Å². The van der Waals surface area contributed by atoms with Gasteiger partial charge in [-0.3, -0.25) is 14.3 Å². The molecule has 1 aliphatic carbocycles. The first-order chi connectivity index (χ1) is 14.5. The number of ether oxygens (including phenoxy) is 2. The first kappa shape index (κ1) is 20.1. The second-order valence-electron chi connectivity index (χ2n) is 7.67. The summed E-state index contributed by atoms with van der Waals surface area (Å²) in [7, 11) is 3.16. The van der Waals surface area contributed by atoms with Crippen molar-refractivity contribution in [3.8, 4) is 17.4 Å². The van der Waals surface area contributed by atoms with Gasteiger partial charge in [0.2, 0.25) is 5.88 Å². The summed E-state index contributed by atoms with van der Waals surface area (Å²) in [6.07, 6.45) is 5.07. The highest BCUT2D eigenvalue weighted by Crippen LogP contribution is 2.35. The van der Waals surface area contributed by atoms with E-state index in [1.807, 2.05) is 12.1 Å². The Balaban J connectivity index is 1.66. The van der Waals surface area contributed by atoms with E-state index in [0.717, 1.165) is 37.7 Å². The van der Waals surface area contributed by atoms with E-state index >= 15 is 0 Å². The number of aromatic hydroxyl groups is 1. The number of methoxy groups -OCH3 is 2. The van der Waals surface area contributed by atoms with Crippen LogP contribution in [0.3, 0.4) is 0 Å². The maximum atomic E-state index is 12.6. The molecule has 1 fully saturated rings. The maximum absolute atomic E-state index is 12.6. The molecule has 4 rings (SSSR count). The van der Waals surface area contributed by atoms with E-state index in [0.29, 0.717) is 23.6 Å². The van der Waals surface area contributed by atoms with Gasteiger partial charge >= 0.3 is 5.69 Å². The number of aromatic nitrogens is 2. The number of benzene rings is 1. The van der Waals surface area contributed by atoms with E-state index in [2.05, 4.69) is 15.5 Å². The Hall–Kier alpha value is -3.23. The van der Waals surface area contributed by atoms with Gasteiger partial charge in [-0.15, -0.1) is 0 Å². The Labute approximate surface area is 173 Å². The van der Waals surface area contributed by atoms with E-state index in [4.69, 9.17) is 9.47 Å². The van der Waals surface area contributed by atoms with Crippen molar-refractivity contribution < 1.29 is 14.6 Å². The molecule has 1 saturated carbocycles. The van der Waals surface area contributed by atoms with Crippen LogP contribution < -0.4 is 26.1 Å². The lowest BCUT2D eigenvalue weighted by Gasteiger charge is -2.25. The summed E-state index contributed by atoms with van der Waals surface area (Å²) in [5, 5.41) is 15.2. The molecule has 1 atom stereocenters. The molecule has 0 radical (unpaired) electrons. The number of rotatable bonds is 5. The van der Waals surface area contributed by atoms with Crippen molar-refractivity contribution in [2.75, 3.05) is 14.2 Å². The molecule has 9 nitrogen and oxygen atoms in total. The summed E-state index contributed by atoms with van der Waals surface area (Å²) in [4.78, 5) is 27.3. The van der Waals surface area contributed by atoms with Crippen molar-refractivity contribution in [3.05, 3.63) is 50.2 Å². The number of nitrogens with zero attached hydrogens (tertiary/aromatic N) is 2. The SMILES string of the molecule is COc1ccc([C@H]2CC(c3c(O)n(C4CCCCC4)c(=O)[nH]c3=O)=NN2)c(OC)c1. The highest BCUT2D eigenvalue weighted by atomic mass is 16.5. The summed E-state index contributed by atoms with van der Waals surface area (Å²) < 4.78 is 12.0. The highest BCUT2D eigenvalue weighted by Gasteiger charge is 2.30. The molecule has 2 heterocycles. The summed E-state index contributed by atoms with van der Waals surface area (Å²) in [6.45, 7) is 0. The quantitative estimate of drug-likeness (QED) is 0.690. The number of H-pyrrole nitrogens is 1. The van der Waals surface area contributed by atoms with E-state index in [9.17, 15) is 14.7 Å². The molecule has 1 aliphatic heterocycles. The summed E-state index contributed by atoms with van der Waals surface area (Å²) >= 11 is 0. The first-order valence-corrected chi connectivity index (χ1v) is 10.2. The molecule has 0 unspecified atom stereocenters. The second-order valence-corrected chi connectivity index (χ2v) is 7.67. The van der Waals surface area contributed by atoms with Crippen LogP contribution in [0.5, 0.6) is 17.4 Å². The van der Waals surface area contributed by atoms with Gasteiger partial charge in [-0.05, 0) is 25.0 Å². The van der Waals surface area contributed by atoms with Crippen LogP contribution in [0, 0.1) is 0 Å². The van der Waals surface area contributed by atoms with Gasteiger partial charge in [-0.25, -0.2) is 4.79 Å². The third kappa shape index (κ3) is 3.55. The van der Waals surface area contributed by atoms with Gasteiger partial charge in [0.05, 0.1) is 26.0 Å². The minimum Gasteiger partial charge on any atom is -0.497 e. The van der Waals surface area contributed by atoms with Crippen LogP contribution >= 0.6 is 0 Å².